The molecule has 0 saturated carbocycles. The number of hydrogen-bond acceptors (Lipinski definition) is 2. The minimum Gasteiger partial charge on any atom is -0.369 e. The second-order valence-corrected chi connectivity index (χ2v) is 5.44. The minimum absolute atomic E-state index is 0.670. The van der Waals surface area contributed by atoms with Gasteiger partial charge in [-0.05, 0) is 25.5 Å². The molecule has 0 aliphatic carbocycles. The van der Waals surface area contributed by atoms with Crippen LogP contribution < -0.4 is 4.90 Å². The number of para-hydroxylation sites is 1. The smallest absolute Gasteiger partial charge is 0.0408 e. The number of rotatable bonds is 3. The van der Waals surface area contributed by atoms with Gasteiger partial charge in [-0.15, -0.1) is 0 Å². The van der Waals surface area contributed by atoms with Crippen molar-refractivity contribution in [2.24, 2.45) is 0 Å². The molecule has 94 valence electrons. The molecule has 1 aliphatic rings. The summed E-state index contributed by atoms with van der Waals surface area (Å²) in [7, 11) is 0. The molecule has 0 amide bonds. The molecule has 3 heteroatoms. The van der Waals surface area contributed by atoms with Gasteiger partial charge in [0.25, 0.3) is 0 Å². The van der Waals surface area contributed by atoms with Crippen LogP contribution in [0.5, 0.6) is 0 Å². The highest BCUT2D eigenvalue weighted by Gasteiger charge is 2.19. The first kappa shape index (κ1) is 12.9. The van der Waals surface area contributed by atoms with Crippen LogP contribution in [-0.2, 0) is 5.33 Å². The summed E-state index contributed by atoms with van der Waals surface area (Å²) in [6.45, 7) is 9.19. The van der Waals surface area contributed by atoms with E-state index in [4.69, 9.17) is 0 Å². The summed E-state index contributed by atoms with van der Waals surface area (Å²) in [4.78, 5) is 5.06. The standard InChI is InChI=1S/C14H21BrN2/c1-12(2)16-7-9-17(10-8-16)14-6-4-3-5-13(14)11-15/h3-6,12H,7-11H2,1-2H3. The first-order valence-electron chi connectivity index (χ1n) is 6.35. The number of piperazine rings is 1. The minimum atomic E-state index is 0.670. The Balaban J connectivity index is 2.05. The Morgan fingerprint density at radius 3 is 2.35 bits per heavy atom. The van der Waals surface area contributed by atoms with Crippen LogP contribution in [0.25, 0.3) is 0 Å². The highest BCUT2D eigenvalue weighted by Crippen LogP contribution is 2.24. The fourth-order valence-corrected chi connectivity index (χ4v) is 2.89. The van der Waals surface area contributed by atoms with E-state index in [0.717, 1.165) is 18.4 Å². The van der Waals surface area contributed by atoms with E-state index in [0.29, 0.717) is 6.04 Å². The van der Waals surface area contributed by atoms with Gasteiger partial charge in [0.1, 0.15) is 0 Å². The molecular formula is C14H21BrN2. The summed E-state index contributed by atoms with van der Waals surface area (Å²) < 4.78 is 0. The molecule has 17 heavy (non-hydrogen) atoms. The second kappa shape index (κ2) is 5.87. The molecule has 1 heterocycles. The van der Waals surface area contributed by atoms with Crippen LogP contribution in [0.4, 0.5) is 5.69 Å². The molecule has 1 aromatic rings. The quantitative estimate of drug-likeness (QED) is 0.791. The lowest BCUT2D eigenvalue weighted by Crippen LogP contribution is -2.49. The van der Waals surface area contributed by atoms with Crippen molar-refractivity contribution in [3.63, 3.8) is 0 Å². The third-order valence-corrected chi connectivity index (χ3v) is 4.12. The first-order chi connectivity index (χ1) is 8.22. The van der Waals surface area contributed by atoms with Crippen molar-refractivity contribution in [1.29, 1.82) is 0 Å². The van der Waals surface area contributed by atoms with Crippen molar-refractivity contribution in [2.45, 2.75) is 25.2 Å². The normalized spacial score (nSPS) is 17.8. The van der Waals surface area contributed by atoms with Crippen molar-refractivity contribution in [3.05, 3.63) is 29.8 Å². The van der Waals surface area contributed by atoms with Gasteiger partial charge in [0.2, 0.25) is 0 Å². The highest BCUT2D eigenvalue weighted by atomic mass is 79.9. The van der Waals surface area contributed by atoms with E-state index >= 15 is 0 Å². The van der Waals surface area contributed by atoms with Crippen LogP contribution in [0.1, 0.15) is 19.4 Å². The third kappa shape index (κ3) is 3.02. The molecular weight excluding hydrogens is 276 g/mol. The molecule has 2 rings (SSSR count). The summed E-state index contributed by atoms with van der Waals surface area (Å²) in [5.74, 6) is 0. The van der Waals surface area contributed by atoms with Crippen molar-refractivity contribution >= 4 is 21.6 Å². The number of hydrogen-bond donors (Lipinski definition) is 0. The van der Waals surface area contributed by atoms with Crippen molar-refractivity contribution in [3.8, 4) is 0 Å². The summed E-state index contributed by atoms with van der Waals surface area (Å²) in [5, 5.41) is 0.938. The second-order valence-electron chi connectivity index (χ2n) is 4.88. The van der Waals surface area contributed by atoms with Crippen molar-refractivity contribution in [1.82, 2.24) is 4.90 Å². The molecule has 1 saturated heterocycles. The van der Waals surface area contributed by atoms with E-state index in [2.05, 4.69) is 63.8 Å². The van der Waals surface area contributed by atoms with Gasteiger partial charge in [-0.1, -0.05) is 34.1 Å². The highest BCUT2D eigenvalue weighted by molar-refractivity contribution is 9.08. The molecule has 0 radical (unpaired) electrons. The molecule has 2 nitrogen and oxygen atoms in total. The Labute approximate surface area is 113 Å². The van der Waals surface area contributed by atoms with Crippen LogP contribution in [0.2, 0.25) is 0 Å². The van der Waals surface area contributed by atoms with Crippen LogP contribution in [0.15, 0.2) is 24.3 Å². The summed E-state index contributed by atoms with van der Waals surface area (Å²) in [6.07, 6.45) is 0. The van der Waals surface area contributed by atoms with Crippen LogP contribution in [-0.4, -0.2) is 37.1 Å². The monoisotopic (exact) mass is 296 g/mol. The Kier molecular flexibility index (Phi) is 4.46. The van der Waals surface area contributed by atoms with Gasteiger partial charge in [0.15, 0.2) is 0 Å². The Hall–Kier alpha value is -0.540. The number of nitrogens with zero attached hydrogens (tertiary/aromatic N) is 2. The maximum absolute atomic E-state index is 3.57. The van der Waals surface area contributed by atoms with E-state index in [9.17, 15) is 0 Å². The molecule has 1 aliphatic heterocycles. The number of alkyl halides is 1. The molecule has 0 aromatic heterocycles. The van der Waals surface area contributed by atoms with Gasteiger partial charge in [-0.3, -0.25) is 4.90 Å². The lowest BCUT2D eigenvalue weighted by molar-refractivity contribution is 0.209. The Bertz CT molecular complexity index is 357. The van der Waals surface area contributed by atoms with E-state index in [-0.39, 0.29) is 0 Å². The average molecular weight is 297 g/mol. The maximum atomic E-state index is 3.57. The van der Waals surface area contributed by atoms with E-state index in [1.165, 1.54) is 24.3 Å². The van der Waals surface area contributed by atoms with E-state index < -0.39 is 0 Å². The van der Waals surface area contributed by atoms with Gasteiger partial charge < -0.3 is 4.90 Å². The lowest BCUT2D eigenvalue weighted by Gasteiger charge is -2.38. The number of anilines is 1. The predicted octanol–water partition coefficient (Wildman–Crippen LogP) is 3.11. The zero-order chi connectivity index (χ0) is 12.3. The first-order valence-corrected chi connectivity index (χ1v) is 7.47. The summed E-state index contributed by atoms with van der Waals surface area (Å²) in [6, 6.07) is 9.37. The fraction of sp³-hybridized carbons (Fsp3) is 0.571. The molecule has 0 spiro atoms. The van der Waals surface area contributed by atoms with Gasteiger partial charge in [0, 0.05) is 43.2 Å². The number of benzene rings is 1. The van der Waals surface area contributed by atoms with Crippen molar-refractivity contribution < 1.29 is 0 Å². The maximum Gasteiger partial charge on any atom is 0.0408 e. The topological polar surface area (TPSA) is 6.48 Å². The largest absolute Gasteiger partial charge is 0.369 e. The molecule has 0 unspecified atom stereocenters. The van der Waals surface area contributed by atoms with Gasteiger partial charge >= 0.3 is 0 Å². The summed E-state index contributed by atoms with van der Waals surface area (Å²) >= 11 is 3.57. The molecule has 1 aromatic carbocycles. The van der Waals surface area contributed by atoms with Crippen LogP contribution in [0, 0.1) is 0 Å². The zero-order valence-electron chi connectivity index (χ0n) is 10.7. The Morgan fingerprint density at radius 2 is 1.76 bits per heavy atom. The van der Waals surface area contributed by atoms with Crippen molar-refractivity contribution in [2.75, 3.05) is 31.1 Å². The average Bonchev–Trinajstić information content (AvgIpc) is 2.39. The predicted molar refractivity (Wildman–Crippen MR) is 78.0 cm³/mol. The molecule has 0 bridgehead atoms. The van der Waals surface area contributed by atoms with Crippen LogP contribution in [0.3, 0.4) is 0 Å². The van der Waals surface area contributed by atoms with Gasteiger partial charge in [-0.25, -0.2) is 0 Å². The molecule has 1 fully saturated rings. The summed E-state index contributed by atoms with van der Waals surface area (Å²) in [5.41, 5.74) is 2.79. The van der Waals surface area contributed by atoms with E-state index in [1.54, 1.807) is 0 Å². The molecule has 0 N–H and O–H groups in total. The van der Waals surface area contributed by atoms with E-state index in [1.807, 2.05) is 0 Å². The van der Waals surface area contributed by atoms with Crippen LogP contribution >= 0.6 is 15.9 Å². The molecule has 0 atom stereocenters. The Morgan fingerprint density at radius 1 is 1.12 bits per heavy atom. The SMILES string of the molecule is CC(C)N1CCN(c2ccccc2CBr)CC1. The van der Waals surface area contributed by atoms with Gasteiger partial charge in [-0.2, -0.15) is 0 Å². The van der Waals surface area contributed by atoms with Gasteiger partial charge in [0.05, 0.1) is 0 Å². The third-order valence-electron chi connectivity index (χ3n) is 3.52. The fourth-order valence-electron chi connectivity index (χ4n) is 2.41. The lowest BCUT2D eigenvalue weighted by atomic mass is 10.1. The number of halogens is 1. The zero-order valence-corrected chi connectivity index (χ0v) is 12.3.